The first-order valence-corrected chi connectivity index (χ1v) is 15.1. The van der Waals surface area contributed by atoms with Crippen molar-refractivity contribution in [1.29, 1.82) is 0 Å². The molecule has 2 aromatic carbocycles. The van der Waals surface area contributed by atoms with Gasteiger partial charge in [0.15, 0.2) is 0 Å². The first-order valence-electron chi connectivity index (χ1n) is 15.1. The molecule has 1 atom stereocenters. The number of rotatable bonds is 14. The maximum Gasteiger partial charge on any atom is 0.0444 e. The van der Waals surface area contributed by atoms with Crippen molar-refractivity contribution in [2.75, 3.05) is 18.5 Å². The van der Waals surface area contributed by atoms with Crippen molar-refractivity contribution in [1.82, 2.24) is 5.32 Å². The Bertz CT molecular complexity index is 1410. The van der Waals surface area contributed by atoms with Crippen LogP contribution in [-0.4, -0.2) is 19.6 Å². The molecule has 0 saturated heterocycles. The van der Waals surface area contributed by atoms with Crippen molar-refractivity contribution in [3.05, 3.63) is 154 Å². The van der Waals surface area contributed by atoms with E-state index in [1.165, 1.54) is 50.2 Å². The van der Waals surface area contributed by atoms with Gasteiger partial charge in [0.25, 0.3) is 0 Å². The van der Waals surface area contributed by atoms with Gasteiger partial charge in [0.1, 0.15) is 0 Å². The van der Waals surface area contributed by atoms with Crippen LogP contribution in [0.2, 0.25) is 0 Å². The number of allylic oxidation sites excluding steroid dienone is 12. The predicted octanol–water partition coefficient (Wildman–Crippen LogP) is 10.3. The molecule has 2 aromatic rings. The lowest BCUT2D eigenvalue weighted by atomic mass is 9.94. The number of nitrogens with one attached hydrogen (secondary N) is 1. The lowest BCUT2D eigenvalue weighted by Crippen LogP contribution is -2.17. The molecule has 2 rings (SSSR count). The van der Waals surface area contributed by atoms with E-state index in [2.05, 4.69) is 156 Å². The van der Waals surface area contributed by atoms with E-state index in [0.717, 1.165) is 18.5 Å². The number of anilines is 1. The summed E-state index contributed by atoms with van der Waals surface area (Å²) in [6.45, 7) is 22.2. The van der Waals surface area contributed by atoms with Crippen LogP contribution in [0.25, 0.3) is 6.08 Å². The highest BCUT2D eigenvalue weighted by molar-refractivity contribution is 5.69. The van der Waals surface area contributed by atoms with E-state index < -0.39 is 0 Å². The third-order valence-electron chi connectivity index (χ3n) is 7.36. The SMILES string of the molecule is C=C(C)/C=C\C=C/N(CC)c1cc(C)cc(/C=C/C(Cc2ccccc2C)=C(C)\C=C(C)\C=C/C=C\C(C)NC)c1C. The number of hydrogen-bond donors (Lipinski definition) is 1. The van der Waals surface area contributed by atoms with Gasteiger partial charge in [-0.3, -0.25) is 0 Å². The second-order valence-corrected chi connectivity index (χ2v) is 11.2. The van der Waals surface area contributed by atoms with Gasteiger partial charge in [0, 0.05) is 24.5 Å². The van der Waals surface area contributed by atoms with Crippen LogP contribution in [0.1, 0.15) is 62.4 Å². The van der Waals surface area contributed by atoms with E-state index >= 15 is 0 Å². The molecule has 0 spiro atoms. The molecule has 0 aromatic heterocycles. The molecule has 0 bridgehead atoms. The van der Waals surface area contributed by atoms with E-state index in [0.29, 0.717) is 6.04 Å². The highest BCUT2D eigenvalue weighted by atomic mass is 15.1. The molecule has 42 heavy (non-hydrogen) atoms. The summed E-state index contributed by atoms with van der Waals surface area (Å²) in [4.78, 5) is 2.31. The molecule has 0 amide bonds. The van der Waals surface area contributed by atoms with E-state index in [4.69, 9.17) is 0 Å². The molecule has 1 N–H and O–H groups in total. The van der Waals surface area contributed by atoms with Crippen LogP contribution < -0.4 is 10.2 Å². The molecule has 0 aliphatic heterocycles. The number of nitrogens with zero attached hydrogens (tertiary/aromatic N) is 1. The van der Waals surface area contributed by atoms with Crippen LogP contribution in [0.15, 0.2) is 126 Å². The molecule has 0 aliphatic carbocycles. The lowest BCUT2D eigenvalue weighted by molar-refractivity contribution is 0.729. The topological polar surface area (TPSA) is 15.3 Å². The summed E-state index contributed by atoms with van der Waals surface area (Å²) in [7, 11) is 1.97. The van der Waals surface area contributed by atoms with Crippen LogP contribution >= 0.6 is 0 Å². The maximum atomic E-state index is 3.95. The van der Waals surface area contributed by atoms with E-state index in [1.54, 1.807) is 0 Å². The van der Waals surface area contributed by atoms with Gasteiger partial charge in [-0.05, 0) is 120 Å². The van der Waals surface area contributed by atoms with Gasteiger partial charge in [0.05, 0.1) is 0 Å². The molecule has 0 aliphatic rings. The Labute approximate surface area is 256 Å². The molecule has 0 radical (unpaired) electrons. The molecule has 222 valence electrons. The van der Waals surface area contributed by atoms with Crippen molar-refractivity contribution >= 4 is 11.8 Å². The van der Waals surface area contributed by atoms with Crippen LogP contribution in [0.4, 0.5) is 5.69 Å². The smallest absolute Gasteiger partial charge is 0.0444 e. The summed E-state index contributed by atoms with van der Waals surface area (Å²) in [6, 6.07) is 13.6. The zero-order chi connectivity index (χ0) is 31.1. The van der Waals surface area contributed by atoms with Gasteiger partial charge in [-0.25, -0.2) is 0 Å². The number of benzene rings is 2. The fraction of sp³-hybridized carbons (Fsp3) is 0.300. The minimum atomic E-state index is 0.357. The average Bonchev–Trinajstić information content (AvgIpc) is 2.95. The molecular weight excluding hydrogens is 508 g/mol. The number of hydrogen-bond acceptors (Lipinski definition) is 2. The van der Waals surface area contributed by atoms with Crippen LogP contribution in [0.5, 0.6) is 0 Å². The first-order chi connectivity index (χ1) is 20.0. The molecule has 0 heterocycles. The van der Waals surface area contributed by atoms with Crippen molar-refractivity contribution in [3.63, 3.8) is 0 Å². The number of likely N-dealkylation sites (N-methyl/N-ethyl adjacent to an activating group) is 1. The summed E-state index contributed by atoms with van der Waals surface area (Å²) in [5.74, 6) is 0. The second kappa shape index (κ2) is 17.8. The average molecular weight is 561 g/mol. The Kier molecular flexibility index (Phi) is 14.6. The van der Waals surface area contributed by atoms with Gasteiger partial charge in [0.2, 0.25) is 0 Å². The predicted molar refractivity (Wildman–Crippen MR) is 189 cm³/mol. The Morgan fingerprint density at radius 3 is 2.33 bits per heavy atom. The summed E-state index contributed by atoms with van der Waals surface area (Å²) >= 11 is 0. The third-order valence-corrected chi connectivity index (χ3v) is 7.36. The Balaban J connectivity index is 2.50. The molecule has 0 saturated carbocycles. The molecule has 0 fully saturated rings. The summed E-state index contributed by atoms with van der Waals surface area (Å²) in [5.41, 5.74) is 12.5. The van der Waals surface area contributed by atoms with Crippen molar-refractivity contribution < 1.29 is 0 Å². The Morgan fingerprint density at radius 2 is 1.67 bits per heavy atom. The van der Waals surface area contributed by atoms with Gasteiger partial charge in [-0.1, -0.05) is 103 Å². The monoisotopic (exact) mass is 560 g/mol. The lowest BCUT2D eigenvalue weighted by Gasteiger charge is -2.22. The summed E-state index contributed by atoms with van der Waals surface area (Å²) in [6.07, 6.45) is 24.7. The van der Waals surface area contributed by atoms with Gasteiger partial charge in [-0.2, -0.15) is 0 Å². The molecule has 2 nitrogen and oxygen atoms in total. The maximum absolute atomic E-state index is 3.95. The molecule has 2 heteroatoms. The minimum Gasteiger partial charge on any atom is -0.348 e. The van der Waals surface area contributed by atoms with E-state index in [9.17, 15) is 0 Å². The van der Waals surface area contributed by atoms with Gasteiger partial charge >= 0.3 is 0 Å². The standard InChI is InChI=1S/C40H52N2/c1-11-42(25-17-16-18-30(2)3)40-28-32(5)27-39(36(40)9)24-23-38(29-37-22-15-13-20-33(37)6)34(7)26-31(4)19-12-14-21-35(8)41-10/h12-28,35,41H,2,11,29H2,1,3-10H3/b18-16-,19-12-,21-14-,24-23+,25-17-,31-26+,38-34+. The summed E-state index contributed by atoms with van der Waals surface area (Å²) in [5, 5.41) is 3.23. The van der Waals surface area contributed by atoms with Crippen molar-refractivity contribution in [2.24, 2.45) is 0 Å². The Hall–Kier alpha value is -3.88. The van der Waals surface area contributed by atoms with Crippen LogP contribution in [0, 0.1) is 20.8 Å². The first kappa shape index (κ1) is 34.3. The normalized spacial score (nSPS) is 14.2. The quantitative estimate of drug-likeness (QED) is 0.231. The highest BCUT2D eigenvalue weighted by Gasteiger charge is 2.10. The fourth-order valence-electron chi connectivity index (χ4n) is 4.62. The summed E-state index contributed by atoms with van der Waals surface area (Å²) < 4.78 is 0. The largest absolute Gasteiger partial charge is 0.348 e. The highest BCUT2D eigenvalue weighted by Crippen LogP contribution is 2.28. The van der Waals surface area contributed by atoms with Crippen molar-refractivity contribution in [3.8, 4) is 0 Å². The number of aryl methyl sites for hydroxylation is 2. The van der Waals surface area contributed by atoms with Gasteiger partial charge < -0.3 is 10.2 Å². The fourth-order valence-corrected chi connectivity index (χ4v) is 4.62. The second-order valence-electron chi connectivity index (χ2n) is 11.2. The molecular formula is C40H52N2. The third kappa shape index (κ3) is 11.5. The zero-order valence-corrected chi connectivity index (χ0v) is 27.5. The zero-order valence-electron chi connectivity index (χ0n) is 27.5. The van der Waals surface area contributed by atoms with Gasteiger partial charge in [-0.15, -0.1) is 0 Å². The Morgan fingerprint density at radius 1 is 0.952 bits per heavy atom. The van der Waals surface area contributed by atoms with Crippen LogP contribution in [0.3, 0.4) is 0 Å². The minimum absolute atomic E-state index is 0.357. The van der Waals surface area contributed by atoms with E-state index in [-0.39, 0.29) is 0 Å². The van der Waals surface area contributed by atoms with E-state index in [1.807, 2.05) is 26.1 Å². The molecule has 1 unspecified atom stereocenters. The van der Waals surface area contributed by atoms with Crippen LogP contribution in [-0.2, 0) is 6.42 Å². The van der Waals surface area contributed by atoms with Crippen molar-refractivity contribution in [2.45, 2.75) is 67.9 Å².